The molecule has 0 radical (unpaired) electrons. The van der Waals surface area contributed by atoms with Gasteiger partial charge in [0.05, 0.1) is 5.69 Å². The summed E-state index contributed by atoms with van der Waals surface area (Å²) in [5.41, 5.74) is -0.129. The molecule has 14 heavy (non-hydrogen) atoms. The van der Waals surface area contributed by atoms with Crippen LogP contribution in [0.5, 0.6) is 0 Å². The van der Waals surface area contributed by atoms with E-state index >= 15 is 0 Å². The maximum atomic E-state index is 10.7. The Kier molecular flexibility index (Phi) is 2.49. The molecule has 2 rings (SSSR count). The van der Waals surface area contributed by atoms with Crippen LogP contribution >= 0.6 is 0 Å². The average Bonchev–Trinajstić information content (AvgIpc) is 2.75. The van der Waals surface area contributed by atoms with Crippen LogP contribution in [-0.2, 0) is 0 Å². The van der Waals surface area contributed by atoms with E-state index in [9.17, 15) is 9.59 Å². The molecule has 1 aromatic carbocycles. The van der Waals surface area contributed by atoms with Gasteiger partial charge in [0.25, 0.3) is 0 Å². The van der Waals surface area contributed by atoms with Crippen LogP contribution in [0.4, 0.5) is 5.69 Å². The Morgan fingerprint density at radius 3 is 1.93 bits per heavy atom. The van der Waals surface area contributed by atoms with Gasteiger partial charge in [-0.3, -0.25) is 9.59 Å². The zero-order chi connectivity index (χ0) is 9.42. The molecular weight excluding hydrogens is 206 g/mol. The largest absolute Gasteiger partial charge is 1.00 e. The molecule has 1 aromatic heterocycles. The summed E-state index contributed by atoms with van der Waals surface area (Å²) in [7, 11) is 0. The standard InChI is InChI=1S/C8H4N3O2.ClH/c9-10-5-1-3-6(4-2-5)11-7(12)8(11)13;/h1-4H;1H/q+1;/p-1. The van der Waals surface area contributed by atoms with E-state index in [1.54, 1.807) is 0 Å². The van der Waals surface area contributed by atoms with Gasteiger partial charge in [0, 0.05) is 12.1 Å². The highest BCUT2D eigenvalue weighted by atomic mass is 35.5. The van der Waals surface area contributed by atoms with Gasteiger partial charge in [-0.2, -0.15) is 0 Å². The van der Waals surface area contributed by atoms with Gasteiger partial charge in [-0.1, -0.05) is 0 Å². The Hall–Kier alpha value is -1.93. The lowest BCUT2D eigenvalue weighted by Crippen LogP contribution is -3.00. The first kappa shape index (κ1) is 10.2. The molecule has 0 saturated heterocycles. The second kappa shape index (κ2) is 3.44. The molecule has 2 aromatic rings. The van der Waals surface area contributed by atoms with Crippen LogP contribution in [0.3, 0.4) is 0 Å². The Morgan fingerprint density at radius 2 is 1.57 bits per heavy atom. The summed E-state index contributed by atoms with van der Waals surface area (Å²) in [6, 6.07) is 6.10. The smallest absolute Gasteiger partial charge is 0.385 e. The maximum Gasteiger partial charge on any atom is 0.385 e. The van der Waals surface area contributed by atoms with Crippen LogP contribution in [0.1, 0.15) is 0 Å². The number of rotatable bonds is 1. The van der Waals surface area contributed by atoms with E-state index in [1.807, 2.05) is 0 Å². The van der Waals surface area contributed by atoms with Crippen LogP contribution < -0.4 is 23.5 Å². The second-order valence-electron chi connectivity index (χ2n) is 2.56. The number of halogens is 1. The third-order valence-corrected chi connectivity index (χ3v) is 1.76. The van der Waals surface area contributed by atoms with Crippen molar-refractivity contribution < 1.29 is 12.4 Å². The fourth-order valence-corrected chi connectivity index (χ4v) is 1.04. The van der Waals surface area contributed by atoms with Crippen molar-refractivity contribution in [2.45, 2.75) is 0 Å². The lowest BCUT2D eigenvalue weighted by Gasteiger charge is -1.87. The SMILES string of the molecule is N#[N+]c1ccc(-n2c(=O)c2=O)cc1.[Cl-]. The van der Waals surface area contributed by atoms with Crippen LogP contribution in [0.15, 0.2) is 33.9 Å². The van der Waals surface area contributed by atoms with Crippen molar-refractivity contribution in [1.29, 1.82) is 5.39 Å². The number of hydrogen-bond acceptors (Lipinski definition) is 3. The predicted molar refractivity (Wildman–Crippen MR) is 45.4 cm³/mol. The first-order valence-electron chi connectivity index (χ1n) is 3.57. The van der Waals surface area contributed by atoms with Gasteiger partial charge in [0.1, 0.15) is 0 Å². The zero-order valence-corrected chi connectivity index (χ0v) is 7.60. The summed E-state index contributed by atoms with van der Waals surface area (Å²) in [6.45, 7) is 0. The second-order valence-corrected chi connectivity index (χ2v) is 2.56. The normalized spacial score (nSPS) is 9.36. The van der Waals surface area contributed by atoms with Crippen molar-refractivity contribution in [3.05, 3.63) is 49.9 Å². The molecule has 0 aliphatic rings. The first-order valence-corrected chi connectivity index (χ1v) is 3.57. The highest BCUT2D eigenvalue weighted by Crippen LogP contribution is 2.13. The summed E-state index contributed by atoms with van der Waals surface area (Å²) in [6.07, 6.45) is 0. The third kappa shape index (κ3) is 1.43. The molecule has 0 atom stereocenters. The number of aromatic nitrogens is 1. The van der Waals surface area contributed by atoms with Gasteiger partial charge in [0.15, 0.2) is 4.98 Å². The van der Waals surface area contributed by atoms with E-state index in [4.69, 9.17) is 5.39 Å². The molecule has 0 aliphatic carbocycles. The molecule has 6 heteroatoms. The average molecular weight is 210 g/mol. The number of benzene rings is 1. The molecule has 0 unspecified atom stereocenters. The van der Waals surface area contributed by atoms with Crippen molar-refractivity contribution in [3.63, 3.8) is 0 Å². The highest BCUT2D eigenvalue weighted by molar-refractivity contribution is 5.49. The lowest BCUT2D eigenvalue weighted by atomic mass is 10.3. The van der Waals surface area contributed by atoms with E-state index in [2.05, 4.69) is 4.98 Å². The maximum absolute atomic E-state index is 10.7. The third-order valence-electron chi connectivity index (χ3n) is 1.76. The van der Waals surface area contributed by atoms with Crippen molar-refractivity contribution in [2.24, 2.45) is 0 Å². The van der Waals surface area contributed by atoms with Crippen molar-refractivity contribution in [3.8, 4) is 5.69 Å². The molecule has 0 saturated carbocycles. The Morgan fingerprint density at radius 1 is 1.07 bits per heavy atom. The minimum atomic E-state index is -0.506. The summed E-state index contributed by atoms with van der Waals surface area (Å²) in [4.78, 5) is 24.3. The van der Waals surface area contributed by atoms with Gasteiger partial charge >= 0.3 is 16.8 Å². The van der Waals surface area contributed by atoms with Crippen molar-refractivity contribution >= 4 is 5.69 Å². The van der Waals surface area contributed by atoms with Gasteiger partial charge in [0.2, 0.25) is 5.39 Å². The van der Waals surface area contributed by atoms with Crippen LogP contribution in [0.25, 0.3) is 10.7 Å². The summed E-state index contributed by atoms with van der Waals surface area (Å²) in [5.74, 6) is 0. The predicted octanol–water partition coefficient (Wildman–Crippen LogP) is -2.44. The van der Waals surface area contributed by atoms with E-state index in [0.717, 1.165) is 4.57 Å². The van der Waals surface area contributed by atoms with Crippen molar-refractivity contribution in [2.75, 3.05) is 0 Å². The van der Waals surface area contributed by atoms with Crippen LogP contribution in [0.2, 0.25) is 0 Å². The molecule has 0 amide bonds. The quantitative estimate of drug-likeness (QED) is 0.387. The van der Waals surface area contributed by atoms with Crippen LogP contribution in [-0.4, -0.2) is 4.57 Å². The zero-order valence-electron chi connectivity index (χ0n) is 6.85. The highest BCUT2D eigenvalue weighted by Gasteiger charge is 2.18. The summed E-state index contributed by atoms with van der Waals surface area (Å²) in [5, 5.41) is 8.36. The summed E-state index contributed by atoms with van der Waals surface area (Å²) < 4.78 is 1.04. The molecule has 1 heterocycles. The topological polar surface area (TPSA) is 67.2 Å². The molecule has 70 valence electrons. The van der Waals surface area contributed by atoms with E-state index in [-0.39, 0.29) is 12.4 Å². The Balaban J connectivity index is 0.000000980. The minimum absolute atomic E-state index is 0. The molecule has 0 spiro atoms. The van der Waals surface area contributed by atoms with Gasteiger partial charge < -0.3 is 12.4 Å². The minimum Gasteiger partial charge on any atom is -1.00 e. The van der Waals surface area contributed by atoms with E-state index < -0.39 is 11.1 Å². The fraction of sp³-hybridized carbons (Fsp3) is 0. The molecule has 0 aliphatic heterocycles. The van der Waals surface area contributed by atoms with Gasteiger partial charge in [-0.05, 0) is 12.1 Å². The molecule has 0 bridgehead atoms. The first-order chi connectivity index (χ1) is 6.24. The summed E-state index contributed by atoms with van der Waals surface area (Å²) >= 11 is 0. The number of hydrogen-bond donors (Lipinski definition) is 0. The van der Waals surface area contributed by atoms with Gasteiger partial charge in [-0.15, -0.1) is 0 Å². The monoisotopic (exact) mass is 209 g/mol. The number of diazo groups is 1. The fourth-order valence-electron chi connectivity index (χ4n) is 1.04. The van der Waals surface area contributed by atoms with E-state index in [0.29, 0.717) is 11.4 Å². The van der Waals surface area contributed by atoms with Crippen LogP contribution in [0, 0.1) is 5.39 Å². The Bertz CT molecular complexity index is 532. The molecule has 0 fully saturated rings. The van der Waals surface area contributed by atoms with E-state index in [1.165, 1.54) is 24.3 Å². The van der Waals surface area contributed by atoms with Crippen molar-refractivity contribution in [1.82, 2.24) is 4.57 Å². The lowest BCUT2D eigenvalue weighted by molar-refractivity contribution is -0.00000293. The molecule has 0 N–H and O–H groups in total. The molecule has 5 nitrogen and oxygen atoms in total. The molecular formula is C8H4ClN3O2. The van der Waals surface area contributed by atoms with Gasteiger partial charge in [-0.25, -0.2) is 4.57 Å². The number of nitrogens with zero attached hydrogens (tertiary/aromatic N) is 3. The Labute approximate surface area is 84.3 Å².